The molecule has 2 rings (SSSR count). The van der Waals surface area contributed by atoms with E-state index in [1.54, 1.807) is 0 Å². The Morgan fingerprint density at radius 1 is 1.25 bits per heavy atom. The van der Waals surface area contributed by atoms with Crippen molar-refractivity contribution in [3.8, 4) is 0 Å². The van der Waals surface area contributed by atoms with Crippen LogP contribution in [0.4, 0.5) is 0 Å². The topological polar surface area (TPSA) is 15.3 Å². The molecule has 0 saturated carbocycles. The number of nitrogens with one attached hydrogen (secondary N) is 1. The van der Waals surface area contributed by atoms with Crippen LogP contribution in [0.1, 0.15) is 38.3 Å². The molecule has 1 fully saturated rings. The molecule has 2 nitrogen and oxygen atoms in total. The fraction of sp³-hybridized carbons (Fsp3) is 0.647. The van der Waals surface area contributed by atoms with Crippen molar-refractivity contribution in [1.29, 1.82) is 0 Å². The van der Waals surface area contributed by atoms with Crippen molar-refractivity contribution in [2.24, 2.45) is 5.92 Å². The van der Waals surface area contributed by atoms with Crippen molar-refractivity contribution in [3.63, 3.8) is 0 Å². The lowest BCUT2D eigenvalue weighted by Crippen LogP contribution is -2.38. The molecule has 1 aliphatic rings. The Labute approximate surface area is 128 Å². The molecule has 1 aliphatic heterocycles. The van der Waals surface area contributed by atoms with Gasteiger partial charge in [-0.15, -0.1) is 11.8 Å². The van der Waals surface area contributed by atoms with Gasteiger partial charge in [0.25, 0.3) is 0 Å². The van der Waals surface area contributed by atoms with Crippen LogP contribution in [0.15, 0.2) is 29.2 Å². The summed E-state index contributed by atoms with van der Waals surface area (Å²) >= 11 is 1.81. The second-order valence-corrected chi connectivity index (χ2v) is 6.62. The minimum Gasteiger partial charge on any atom is -0.317 e. The van der Waals surface area contributed by atoms with Crippen LogP contribution < -0.4 is 5.32 Å². The van der Waals surface area contributed by atoms with Crippen LogP contribution in [0, 0.1) is 5.92 Å². The van der Waals surface area contributed by atoms with E-state index in [1.165, 1.54) is 42.9 Å². The van der Waals surface area contributed by atoms with Gasteiger partial charge in [-0.3, -0.25) is 4.90 Å². The van der Waals surface area contributed by atoms with Crippen LogP contribution in [0.5, 0.6) is 0 Å². The van der Waals surface area contributed by atoms with E-state index in [4.69, 9.17) is 0 Å². The lowest BCUT2D eigenvalue weighted by atomic mass is 9.94. The number of thioether (sulfide) groups is 1. The van der Waals surface area contributed by atoms with Gasteiger partial charge in [0.15, 0.2) is 0 Å². The normalized spacial score (nSPS) is 19.1. The third-order valence-corrected chi connectivity index (χ3v) is 5.22. The fourth-order valence-corrected chi connectivity index (χ4v) is 3.39. The molecule has 1 aromatic carbocycles. The average Bonchev–Trinajstić information content (AvgIpc) is 2.53. The summed E-state index contributed by atoms with van der Waals surface area (Å²) in [4.78, 5) is 3.99. The second kappa shape index (κ2) is 8.06. The molecule has 0 aromatic heterocycles. The number of piperidine rings is 1. The molecule has 1 heterocycles. The highest BCUT2D eigenvalue weighted by atomic mass is 32.2. The summed E-state index contributed by atoms with van der Waals surface area (Å²) < 4.78 is 0. The van der Waals surface area contributed by atoms with E-state index in [0.29, 0.717) is 6.04 Å². The molecule has 0 amide bonds. The maximum Gasteiger partial charge on any atom is 0.0319 e. The van der Waals surface area contributed by atoms with Gasteiger partial charge in [-0.05, 0) is 75.8 Å². The molecule has 1 atom stereocenters. The molecule has 1 unspecified atom stereocenters. The highest BCUT2D eigenvalue weighted by Crippen LogP contribution is 2.27. The van der Waals surface area contributed by atoms with Crippen molar-refractivity contribution in [2.75, 3.05) is 32.4 Å². The van der Waals surface area contributed by atoms with Crippen LogP contribution in [-0.4, -0.2) is 37.3 Å². The summed E-state index contributed by atoms with van der Waals surface area (Å²) in [6, 6.07) is 9.62. The van der Waals surface area contributed by atoms with E-state index in [0.717, 1.165) is 12.5 Å². The summed E-state index contributed by atoms with van der Waals surface area (Å²) in [5, 5.41) is 3.49. The molecule has 20 heavy (non-hydrogen) atoms. The molecule has 3 heteroatoms. The third-order valence-electron chi connectivity index (χ3n) is 4.48. The Morgan fingerprint density at radius 3 is 2.45 bits per heavy atom. The van der Waals surface area contributed by atoms with Crippen molar-refractivity contribution in [1.82, 2.24) is 10.2 Å². The predicted molar refractivity (Wildman–Crippen MR) is 89.5 cm³/mol. The SMILES string of the molecule is CCNCC1CCN(C(C)c2ccc(SC)cc2)CC1. The summed E-state index contributed by atoms with van der Waals surface area (Å²) in [6.45, 7) is 9.30. The molecule has 1 saturated heterocycles. The fourth-order valence-electron chi connectivity index (χ4n) is 2.99. The molecule has 112 valence electrons. The minimum atomic E-state index is 0.547. The zero-order chi connectivity index (χ0) is 14.4. The first kappa shape index (κ1) is 15.9. The van der Waals surface area contributed by atoms with Gasteiger partial charge >= 0.3 is 0 Å². The van der Waals surface area contributed by atoms with Gasteiger partial charge in [-0.25, -0.2) is 0 Å². The molecule has 0 radical (unpaired) electrons. The molecule has 0 aliphatic carbocycles. The van der Waals surface area contributed by atoms with Crippen molar-refractivity contribution in [3.05, 3.63) is 29.8 Å². The van der Waals surface area contributed by atoms with Gasteiger partial charge in [-0.1, -0.05) is 19.1 Å². The lowest BCUT2D eigenvalue weighted by Gasteiger charge is -2.36. The third kappa shape index (κ3) is 4.24. The van der Waals surface area contributed by atoms with Gasteiger partial charge < -0.3 is 5.32 Å². The van der Waals surface area contributed by atoms with Gasteiger partial charge in [-0.2, -0.15) is 0 Å². The number of nitrogens with zero attached hydrogens (tertiary/aromatic N) is 1. The average molecular weight is 292 g/mol. The number of likely N-dealkylation sites (tertiary alicyclic amines) is 1. The lowest BCUT2D eigenvalue weighted by molar-refractivity contribution is 0.140. The largest absolute Gasteiger partial charge is 0.317 e. The number of hydrogen-bond acceptors (Lipinski definition) is 3. The second-order valence-electron chi connectivity index (χ2n) is 5.74. The molecular weight excluding hydrogens is 264 g/mol. The monoisotopic (exact) mass is 292 g/mol. The summed E-state index contributed by atoms with van der Waals surface area (Å²) in [6.07, 6.45) is 4.80. The van der Waals surface area contributed by atoms with Gasteiger partial charge in [0.2, 0.25) is 0 Å². The van der Waals surface area contributed by atoms with E-state index in [9.17, 15) is 0 Å². The smallest absolute Gasteiger partial charge is 0.0319 e. The van der Waals surface area contributed by atoms with E-state index in [-0.39, 0.29) is 0 Å². The molecule has 1 aromatic rings. The molecule has 0 spiro atoms. The Kier molecular flexibility index (Phi) is 6.40. The number of hydrogen-bond donors (Lipinski definition) is 1. The zero-order valence-electron chi connectivity index (χ0n) is 13.1. The molecular formula is C17H28N2S. The van der Waals surface area contributed by atoms with Crippen molar-refractivity contribution >= 4 is 11.8 Å². The minimum absolute atomic E-state index is 0.547. The summed E-state index contributed by atoms with van der Waals surface area (Å²) in [5.74, 6) is 0.872. The Balaban J connectivity index is 1.85. The summed E-state index contributed by atoms with van der Waals surface area (Å²) in [7, 11) is 0. The van der Waals surface area contributed by atoms with E-state index >= 15 is 0 Å². The van der Waals surface area contributed by atoms with Gasteiger partial charge in [0.05, 0.1) is 0 Å². The van der Waals surface area contributed by atoms with Crippen LogP contribution >= 0.6 is 11.8 Å². The summed E-state index contributed by atoms with van der Waals surface area (Å²) in [5.41, 5.74) is 1.45. The quantitative estimate of drug-likeness (QED) is 0.803. The van der Waals surface area contributed by atoms with Crippen molar-refractivity contribution in [2.45, 2.75) is 37.6 Å². The van der Waals surface area contributed by atoms with Gasteiger partial charge in [0, 0.05) is 10.9 Å². The molecule has 0 bridgehead atoms. The van der Waals surface area contributed by atoms with Crippen LogP contribution in [-0.2, 0) is 0 Å². The Morgan fingerprint density at radius 2 is 1.90 bits per heavy atom. The maximum atomic E-state index is 3.49. The zero-order valence-corrected chi connectivity index (χ0v) is 13.9. The van der Waals surface area contributed by atoms with Gasteiger partial charge in [0.1, 0.15) is 0 Å². The Hall–Kier alpha value is -0.510. The molecule has 1 N–H and O–H groups in total. The standard InChI is InChI=1S/C17H28N2S/c1-4-18-13-15-9-11-19(12-10-15)14(2)16-5-7-17(20-3)8-6-16/h5-8,14-15,18H,4,9-13H2,1-3H3. The van der Waals surface area contributed by atoms with Crippen LogP contribution in [0.3, 0.4) is 0 Å². The predicted octanol–water partition coefficient (Wildman–Crippen LogP) is 3.79. The maximum absolute atomic E-state index is 3.49. The first-order valence-corrected chi connectivity index (χ1v) is 9.05. The van der Waals surface area contributed by atoms with E-state index in [2.05, 4.69) is 54.6 Å². The highest BCUT2D eigenvalue weighted by Gasteiger charge is 2.23. The number of rotatable bonds is 6. The number of benzene rings is 1. The highest BCUT2D eigenvalue weighted by molar-refractivity contribution is 7.98. The van der Waals surface area contributed by atoms with Crippen LogP contribution in [0.25, 0.3) is 0 Å². The van der Waals surface area contributed by atoms with Crippen molar-refractivity contribution < 1.29 is 0 Å². The first-order chi connectivity index (χ1) is 9.74. The first-order valence-electron chi connectivity index (χ1n) is 7.83. The van der Waals surface area contributed by atoms with E-state index in [1.807, 2.05) is 11.8 Å². The van der Waals surface area contributed by atoms with E-state index < -0.39 is 0 Å². The Bertz CT molecular complexity index is 382. The van der Waals surface area contributed by atoms with Crippen LogP contribution in [0.2, 0.25) is 0 Å².